The number of benzene rings is 2. The lowest BCUT2D eigenvalue weighted by atomic mass is 9.94. The number of amides is 3. The van der Waals surface area contributed by atoms with Crippen molar-refractivity contribution in [1.82, 2.24) is 14.7 Å². The van der Waals surface area contributed by atoms with E-state index in [-0.39, 0.29) is 29.6 Å². The lowest BCUT2D eigenvalue weighted by Crippen LogP contribution is -2.44. The second kappa shape index (κ2) is 12.6. The van der Waals surface area contributed by atoms with Gasteiger partial charge in [-0.15, -0.1) is 0 Å². The summed E-state index contributed by atoms with van der Waals surface area (Å²) in [6.07, 6.45) is 2.01. The van der Waals surface area contributed by atoms with Crippen molar-refractivity contribution in [2.45, 2.75) is 33.1 Å². The fraction of sp³-hybridized carbons (Fsp3) is 0.516. The smallest absolute Gasteiger partial charge is 0.256 e. The minimum Gasteiger partial charge on any atom is -0.343 e. The summed E-state index contributed by atoms with van der Waals surface area (Å²) in [5.41, 5.74) is 1.26. The largest absolute Gasteiger partial charge is 0.343 e. The van der Waals surface area contributed by atoms with Gasteiger partial charge in [-0.25, -0.2) is 13.2 Å². The molecule has 0 radical (unpaired) electrons. The number of piperidine rings is 1. The molecule has 0 spiro atoms. The zero-order valence-corrected chi connectivity index (χ0v) is 24.7. The number of halogens is 4. The molecule has 3 amide bonds. The maximum atomic E-state index is 14.2. The van der Waals surface area contributed by atoms with E-state index in [1.165, 1.54) is 4.90 Å². The molecule has 0 aromatic heterocycles. The number of carbonyl (C=O) groups excluding carboxylic acids is 3. The summed E-state index contributed by atoms with van der Waals surface area (Å²) in [7, 11) is 0. The quantitative estimate of drug-likeness (QED) is 0.428. The van der Waals surface area contributed by atoms with Crippen LogP contribution in [0.15, 0.2) is 30.3 Å². The van der Waals surface area contributed by atoms with Crippen LogP contribution in [0.25, 0.3) is 0 Å². The van der Waals surface area contributed by atoms with Crippen molar-refractivity contribution in [2.75, 3.05) is 57.3 Å². The Morgan fingerprint density at radius 2 is 1.55 bits per heavy atom. The highest BCUT2D eigenvalue weighted by atomic mass is 35.5. The van der Waals surface area contributed by atoms with Crippen molar-refractivity contribution in [1.29, 1.82) is 0 Å². The molecule has 5 rings (SSSR count). The van der Waals surface area contributed by atoms with Gasteiger partial charge in [0, 0.05) is 75.4 Å². The maximum Gasteiger partial charge on any atom is 0.256 e. The van der Waals surface area contributed by atoms with Gasteiger partial charge in [-0.3, -0.25) is 14.4 Å². The molecule has 0 aliphatic carbocycles. The highest BCUT2D eigenvalue weighted by Gasteiger charge is 2.42. The molecular formula is C31H36ClF3N4O3. The van der Waals surface area contributed by atoms with E-state index < -0.39 is 28.9 Å². The van der Waals surface area contributed by atoms with Gasteiger partial charge in [0.25, 0.3) is 5.91 Å². The van der Waals surface area contributed by atoms with Crippen LogP contribution >= 0.6 is 11.6 Å². The fourth-order valence-corrected chi connectivity index (χ4v) is 6.70. The van der Waals surface area contributed by atoms with E-state index in [0.717, 1.165) is 37.3 Å². The first-order chi connectivity index (χ1) is 20.0. The maximum absolute atomic E-state index is 14.2. The molecule has 3 saturated heterocycles. The van der Waals surface area contributed by atoms with Gasteiger partial charge in [-0.1, -0.05) is 17.7 Å². The summed E-state index contributed by atoms with van der Waals surface area (Å²) in [6, 6.07) is 6.72. The van der Waals surface area contributed by atoms with Gasteiger partial charge in [0.1, 0.15) is 5.82 Å². The number of aryl methyl sites for hydroxylation is 1. The monoisotopic (exact) mass is 604 g/mol. The number of likely N-dealkylation sites (tertiary alicyclic amines) is 3. The lowest BCUT2D eigenvalue weighted by molar-refractivity contribution is -0.133. The van der Waals surface area contributed by atoms with Crippen LogP contribution in [-0.2, 0) is 9.59 Å². The predicted molar refractivity (Wildman–Crippen MR) is 154 cm³/mol. The Hall–Kier alpha value is -3.11. The Morgan fingerprint density at radius 1 is 0.905 bits per heavy atom. The van der Waals surface area contributed by atoms with E-state index in [0.29, 0.717) is 62.7 Å². The molecule has 42 heavy (non-hydrogen) atoms. The van der Waals surface area contributed by atoms with Crippen LogP contribution in [0.3, 0.4) is 0 Å². The number of carbonyl (C=O) groups is 3. The molecular weight excluding hydrogens is 569 g/mol. The summed E-state index contributed by atoms with van der Waals surface area (Å²) >= 11 is 6.42. The number of hydrogen-bond donors (Lipinski definition) is 0. The lowest BCUT2D eigenvalue weighted by Gasteiger charge is -2.34. The zero-order chi connectivity index (χ0) is 30.1. The fourth-order valence-electron chi connectivity index (χ4n) is 6.53. The van der Waals surface area contributed by atoms with Crippen LogP contribution in [-0.4, -0.2) is 84.8 Å². The molecule has 3 aliphatic rings. The van der Waals surface area contributed by atoms with Gasteiger partial charge in [0.15, 0.2) is 11.6 Å². The van der Waals surface area contributed by atoms with Gasteiger partial charge < -0.3 is 19.6 Å². The van der Waals surface area contributed by atoms with Crippen LogP contribution in [0.2, 0.25) is 5.02 Å². The molecule has 0 N–H and O–H groups in total. The number of anilines is 1. The van der Waals surface area contributed by atoms with Crippen molar-refractivity contribution >= 4 is 35.0 Å². The summed E-state index contributed by atoms with van der Waals surface area (Å²) in [5, 5.41) is 0.603. The minimum absolute atomic E-state index is 0.0301. The van der Waals surface area contributed by atoms with E-state index in [9.17, 15) is 27.6 Å². The van der Waals surface area contributed by atoms with Gasteiger partial charge in [-0.05, 0) is 68.3 Å². The number of nitrogens with zero attached hydrogens (tertiary/aromatic N) is 4. The van der Waals surface area contributed by atoms with Crippen LogP contribution in [0, 0.1) is 42.1 Å². The summed E-state index contributed by atoms with van der Waals surface area (Å²) in [5.74, 6) is -3.89. The number of fused-ring (bicyclic) bond motifs is 1. The van der Waals surface area contributed by atoms with Crippen molar-refractivity contribution in [2.24, 2.45) is 17.8 Å². The first kappa shape index (κ1) is 30.4. The zero-order valence-electron chi connectivity index (χ0n) is 23.9. The Morgan fingerprint density at radius 3 is 2.17 bits per heavy atom. The van der Waals surface area contributed by atoms with Crippen LogP contribution in [0.1, 0.15) is 42.1 Å². The van der Waals surface area contributed by atoms with Crippen molar-refractivity contribution in [3.8, 4) is 0 Å². The SMILES string of the molecule is CC(=O)N1CCC(C(=O)N(CCCN2CC3CN(C(=O)c4cc(F)c(F)cc4F)CC3C2)c2ccc(C)c(Cl)c2)CC1. The van der Waals surface area contributed by atoms with E-state index in [1.807, 2.05) is 30.0 Å². The van der Waals surface area contributed by atoms with E-state index in [2.05, 4.69) is 4.90 Å². The molecule has 2 unspecified atom stereocenters. The molecule has 2 aromatic rings. The number of hydrogen-bond acceptors (Lipinski definition) is 4. The van der Waals surface area contributed by atoms with Gasteiger partial charge in [-0.2, -0.15) is 0 Å². The molecule has 3 fully saturated rings. The molecule has 0 bridgehead atoms. The average Bonchev–Trinajstić information content (AvgIpc) is 3.53. The van der Waals surface area contributed by atoms with E-state index in [4.69, 9.17) is 11.6 Å². The topological polar surface area (TPSA) is 64.2 Å². The second-order valence-electron chi connectivity index (χ2n) is 11.8. The van der Waals surface area contributed by atoms with Crippen LogP contribution in [0.5, 0.6) is 0 Å². The molecule has 3 heterocycles. The van der Waals surface area contributed by atoms with Gasteiger partial charge in [0.2, 0.25) is 11.8 Å². The number of rotatable bonds is 7. The highest BCUT2D eigenvalue weighted by Crippen LogP contribution is 2.33. The second-order valence-corrected chi connectivity index (χ2v) is 12.2. The Balaban J connectivity index is 1.17. The van der Waals surface area contributed by atoms with E-state index in [1.54, 1.807) is 11.8 Å². The van der Waals surface area contributed by atoms with Gasteiger partial charge >= 0.3 is 0 Å². The Labute approximate surface area is 249 Å². The molecule has 226 valence electrons. The molecule has 11 heteroatoms. The third kappa shape index (κ3) is 6.44. The molecule has 2 atom stereocenters. The first-order valence-electron chi connectivity index (χ1n) is 14.5. The normalized spacial score (nSPS) is 21.1. The van der Waals surface area contributed by atoms with Crippen molar-refractivity contribution in [3.63, 3.8) is 0 Å². The van der Waals surface area contributed by atoms with Crippen molar-refractivity contribution < 1.29 is 27.6 Å². The third-order valence-electron chi connectivity index (χ3n) is 8.97. The summed E-state index contributed by atoms with van der Waals surface area (Å²) in [6.45, 7) is 8.32. The van der Waals surface area contributed by atoms with Crippen molar-refractivity contribution in [3.05, 3.63) is 63.9 Å². The predicted octanol–water partition coefficient (Wildman–Crippen LogP) is 4.75. The minimum atomic E-state index is -1.32. The first-order valence-corrected chi connectivity index (χ1v) is 14.9. The van der Waals surface area contributed by atoms with Crippen LogP contribution < -0.4 is 4.90 Å². The molecule has 2 aromatic carbocycles. The van der Waals surface area contributed by atoms with E-state index >= 15 is 0 Å². The average molecular weight is 605 g/mol. The Bertz CT molecular complexity index is 1350. The molecule has 0 saturated carbocycles. The standard InChI is InChI=1S/C31H36ClF3N4O3/c1-19-4-5-24(12-26(19)32)39(30(41)21-6-10-37(11-7-21)20(2)40)9-3-8-36-15-22-17-38(18-23(22)16-36)31(42)25-13-28(34)29(35)14-27(25)33/h4-5,12-14,21-23H,3,6-11,15-18H2,1-2H3. The summed E-state index contributed by atoms with van der Waals surface area (Å²) in [4.78, 5) is 45.7. The molecule has 7 nitrogen and oxygen atoms in total. The highest BCUT2D eigenvalue weighted by molar-refractivity contribution is 6.31. The van der Waals surface area contributed by atoms with Gasteiger partial charge in [0.05, 0.1) is 5.56 Å². The molecule has 3 aliphatic heterocycles. The Kier molecular flexibility index (Phi) is 9.13. The third-order valence-corrected chi connectivity index (χ3v) is 9.38. The van der Waals surface area contributed by atoms with Crippen LogP contribution in [0.4, 0.5) is 18.9 Å². The summed E-state index contributed by atoms with van der Waals surface area (Å²) < 4.78 is 41.1.